The molecule has 1 aliphatic carbocycles. The molecule has 0 aliphatic heterocycles. The van der Waals surface area contributed by atoms with Gasteiger partial charge in [0, 0.05) is 33.5 Å². The fraction of sp³-hybridized carbons (Fsp3) is 0.500. The third-order valence-electron chi connectivity index (χ3n) is 4.53. The van der Waals surface area contributed by atoms with Crippen molar-refractivity contribution in [3.63, 3.8) is 0 Å². The van der Waals surface area contributed by atoms with E-state index in [1.165, 1.54) is 28.4 Å². The topological polar surface area (TPSA) is 84.5 Å². The summed E-state index contributed by atoms with van der Waals surface area (Å²) in [4.78, 5) is 0. The Labute approximate surface area is 140 Å². The van der Waals surface area contributed by atoms with Crippen LogP contribution in [-0.2, 0) is 18.9 Å². The van der Waals surface area contributed by atoms with Crippen molar-refractivity contribution in [1.29, 1.82) is 10.5 Å². The summed E-state index contributed by atoms with van der Waals surface area (Å²) in [6.45, 7) is 0. The number of nitriles is 2. The zero-order valence-corrected chi connectivity index (χ0v) is 14.0. The van der Waals surface area contributed by atoms with Crippen LogP contribution in [0.2, 0.25) is 5.02 Å². The van der Waals surface area contributed by atoms with Gasteiger partial charge in [-0.05, 0) is 17.7 Å². The summed E-state index contributed by atoms with van der Waals surface area (Å²) >= 11 is 5.92. The first-order valence-corrected chi connectivity index (χ1v) is 7.15. The normalized spacial score (nSPS) is 23.3. The highest BCUT2D eigenvalue weighted by Gasteiger charge is 2.86. The van der Waals surface area contributed by atoms with E-state index in [1.54, 1.807) is 24.3 Å². The summed E-state index contributed by atoms with van der Waals surface area (Å²) in [5, 5.41) is 20.1. The minimum atomic E-state index is -1.70. The second-order valence-corrected chi connectivity index (χ2v) is 5.55. The lowest BCUT2D eigenvalue weighted by Crippen LogP contribution is -2.82. The van der Waals surface area contributed by atoms with Gasteiger partial charge in [0.2, 0.25) is 11.2 Å². The number of methoxy groups -OCH3 is 4. The molecule has 122 valence electrons. The van der Waals surface area contributed by atoms with Crippen LogP contribution < -0.4 is 0 Å². The third-order valence-corrected chi connectivity index (χ3v) is 4.78. The van der Waals surface area contributed by atoms with E-state index < -0.39 is 22.9 Å². The quantitative estimate of drug-likeness (QED) is 0.768. The lowest BCUT2D eigenvalue weighted by atomic mass is 9.49. The maximum atomic E-state index is 9.77. The highest BCUT2D eigenvalue weighted by molar-refractivity contribution is 6.30. The lowest BCUT2D eigenvalue weighted by molar-refractivity contribution is -0.481. The van der Waals surface area contributed by atoms with Gasteiger partial charge in [-0.1, -0.05) is 23.7 Å². The molecule has 0 bridgehead atoms. The molecular weight excluding hydrogens is 320 g/mol. The lowest BCUT2D eigenvalue weighted by Gasteiger charge is -2.65. The first kappa shape index (κ1) is 17.7. The van der Waals surface area contributed by atoms with Crippen LogP contribution in [0, 0.1) is 28.1 Å². The van der Waals surface area contributed by atoms with Crippen molar-refractivity contribution in [3.8, 4) is 12.1 Å². The zero-order valence-electron chi connectivity index (χ0n) is 13.3. The van der Waals surface area contributed by atoms with Crippen molar-refractivity contribution in [1.82, 2.24) is 0 Å². The van der Waals surface area contributed by atoms with Gasteiger partial charge in [-0.2, -0.15) is 10.5 Å². The van der Waals surface area contributed by atoms with E-state index in [9.17, 15) is 10.5 Å². The average molecular weight is 337 g/mol. The molecule has 6 nitrogen and oxygen atoms in total. The Morgan fingerprint density at radius 2 is 1.39 bits per heavy atom. The Balaban J connectivity index is 2.74. The molecule has 7 heteroatoms. The SMILES string of the molecule is COC1(OC)[C@H](c2ccc(Cl)cc2)C(C#N)(C#N)C1(OC)OC. The Hall–Kier alpha value is -1.67. The number of benzene rings is 1. The average Bonchev–Trinajstić information content (AvgIpc) is 2.58. The van der Waals surface area contributed by atoms with E-state index in [0.29, 0.717) is 10.6 Å². The van der Waals surface area contributed by atoms with Gasteiger partial charge in [0.05, 0.1) is 18.1 Å². The molecule has 0 unspecified atom stereocenters. The van der Waals surface area contributed by atoms with Crippen LogP contribution in [0.4, 0.5) is 0 Å². The van der Waals surface area contributed by atoms with E-state index in [1.807, 2.05) is 12.1 Å². The van der Waals surface area contributed by atoms with Gasteiger partial charge in [0.1, 0.15) is 0 Å². The zero-order chi connectivity index (χ0) is 17.3. The second kappa shape index (κ2) is 6.09. The van der Waals surface area contributed by atoms with Crippen LogP contribution in [-0.4, -0.2) is 40.0 Å². The fourth-order valence-corrected chi connectivity index (χ4v) is 3.69. The van der Waals surface area contributed by atoms with E-state index in [-0.39, 0.29) is 0 Å². The molecule has 0 N–H and O–H groups in total. The molecule has 1 aliphatic rings. The minimum Gasteiger partial charge on any atom is -0.348 e. The molecule has 2 rings (SSSR count). The van der Waals surface area contributed by atoms with Crippen LogP contribution in [0.15, 0.2) is 24.3 Å². The summed E-state index contributed by atoms with van der Waals surface area (Å²) in [6.07, 6.45) is 0. The van der Waals surface area contributed by atoms with Gasteiger partial charge in [-0.3, -0.25) is 0 Å². The monoisotopic (exact) mass is 336 g/mol. The van der Waals surface area contributed by atoms with Crippen molar-refractivity contribution >= 4 is 11.6 Å². The number of halogens is 1. The molecule has 1 fully saturated rings. The number of rotatable bonds is 5. The summed E-state index contributed by atoms with van der Waals surface area (Å²) in [5.41, 5.74) is -0.998. The van der Waals surface area contributed by atoms with Gasteiger partial charge in [0.25, 0.3) is 5.79 Å². The van der Waals surface area contributed by atoms with Crippen molar-refractivity contribution in [2.75, 3.05) is 28.4 Å². The largest absolute Gasteiger partial charge is 0.348 e. The van der Waals surface area contributed by atoms with Crippen LogP contribution in [0.5, 0.6) is 0 Å². The number of ether oxygens (including phenoxy) is 4. The van der Waals surface area contributed by atoms with Gasteiger partial charge < -0.3 is 18.9 Å². The molecule has 0 saturated heterocycles. The van der Waals surface area contributed by atoms with Crippen LogP contribution in [0.25, 0.3) is 0 Å². The van der Waals surface area contributed by atoms with Crippen molar-refractivity contribution in [2.45, 2.75) is 17.5 Å². The molecule has 23 heavy (non-hydrogen) atoms. The van der Waals surface area contributed by atoms with Crippen LogP contribution in [0.1, 0.15) is 11.5 Å². The first-order chi connectivity index (χ1) is 11.0. The first-order valence-electron chi connectivity index (χ1n) is 6.77. The molecule has 1 atom stereocenters. The summed E-state index contributed by atoms with van der Waals surface area (Å²) in [5.74, 6) is -3.91. The molecule has 0 radical (unpaired) electrons. The second-order valence-electron chi connectivity index (χ2n) is 5.12. The van der Waals surface area contributed by atoms with E-state index in [2.05, 4.69) is 0 Å². The highest BCUT2D eigenvalue weighted by Crippen LogP contribution is 2.68. The van der Waals surface area contributed by atoms with Crippen molar-refractivity contribution in [3.05, 3.63) is 34.9 Å². The predicted octanol–water partition coefficient (Wildman–Crippen LogP) is 2.45. The molecule has 1 aromatic rings. The van der Waals surface area contributed by atoms with Gasteiger partial charge in [-0.25, -0.2) is 0 Å². The third kappa shape index (κ3) is 1.88. The summed E-state index contributed by atoms with van der Waals surface area (Å²) in [6, 6.07) is 10.9. The van der Waals surface area contributed by atoms with E-state index in [4.69, 9.17) is 30.5 Å². The standard InChI is InChI=1S/C16H17ClN2O4/c1-20-15(21-2)13(11-5-7-12(17)8-6-11)14(9-18,10-19)16(15,22-3)23-4/h5-8,13H,1-4H3/t13-/m1/s1. The van der Waals surface area contributed by atoms with Crippen LogP contribution in [0.3, 0.4) is 0 Å². The predicted molar refractivity (Wildman–Crippen MR) is 81.4 cm³/mol. The highest BCUT2D eigenvalue weighted by atomic mass is 35.5. The number of nitrogens with zero attached hydrogens (tertiary/aromatic N) is 2. The van der Waals surface area contributed by atoms with Gasteiger partial charge in [-0.15, -0.1) is 0 Å². The molecule has 0 aromatic heterocycles. The summed E-state index contributed by atoms with van der Waals surface area (Å²) in [7, 11) is 5.52. The molecule has 1 aromatic carbocycles. The summed E-state index contributed by atoms with van der Waals surface area (Å²) < 4.78 is 22.0. The number of hydrogen-bond acceptors (Lipinski definition) is 6. The smallest absolute Gasteiger partial charge is 0.257 e. The Morgan fingerprint density at radius 3 is 1.74 bits per heavy atom. The van der Waals surface area contributed by atoms with Gasteiger partial charge in [0.15, 0.2) is 0 Å². The number of hydrogen-bond donors (Lipinski definition) is 0. The Bertz CT molecular complexity index is 640. The molecule has 0 spiro atoms. The maximum absolute atomic E-state index is 9.77. The molecular formula is C16H17ClN2O4. The van der Waals surface area contributed by atoms with E-state index in [0.717, 1.165) is 0 Å². The maximum Gasteiger partial charge on any atom is 0.257 e. The van der Waals surface area contributed by atoms with Gasteiger partial charge >= 0.3 is 0 Å². The van der Waals surface area contributed by atoms with E-state index >= 15 is 0 Å². The fourth-order valence-electron chi connectivity index (χ4n) is 3.57. The molecule has 0 amide bonds. The molecule has 0 heterocycles. The Morgan fingerprint density at radius 1 is 0.913 bits per heavy atom. The van der Waals surface area contributed by atoms with Crippen molar-refractivity contribution < 1.29 is 18.9 Å². The van der Waals surface area contributed by atoms with Crippen molar-refractivity contribution in [2.24, 2.45) is 5.41 Å². The van der Waals surface area contributed by atoms with Crippen LogP contribution >= 0.6 is 11.6 Å². The Kier molecular flexibility index (Phi) is 4.68. The minimum absolute atomic E-state index is 0.540. The molecule has 1 saturated carbocycles.